The standard InChI is InChI=1S/C22H20ClN3O6/c1-13-8-17(4-5-18(13)23)32-12-26-7-6-19(25-26)20(27)24-16-10-14(21(28)30-2)9-15(11-16)22(29)31-3/h4-11H,12H2,1-3H3,(H,24,27). The summed E-state index contributed by atoms with van der Waals surface area (Å²) in [6, 6.07) is 10.9. The van der Waals surface area contributed by atoms with Gasteiger partial charge in [-0.1, -0.05) is 11.6 Å². The van der Waals surface area contributed by atoms with Crippen LogP contribution >= 0.6 is 11.6 Å². The van der Waals surface area contributed by atoms with Gasteiger partial charge in [0.15, 0.2) is 12.4 Å². The van der Waals surface area contributed by atoms with Crippen LogP contribution in [-0.4, -0.2) is 41.8 Å². The number of hydrogen-bond donors (Lipinski definition) is 1. The van der Waals surface area contributed by atoms with Crippen molar-refractivity contribution in [2.24, 2.45) is 0 Å². The summed E-state index contributed by atoms with van der Waals surface area (Å²) >= 11 is 6.00. The molecule has 0 aliphatic carbocycles. The van der Waals surface area contributed by atoms with Gasteiger partial charge in [0.1, 0.15) is 5.75 Å². The highest BCUT2D eigenvalue weighted by Crippen LogP contribution is 2.21. The monoisotopic (exact) mass is 457 g/mol. The number of rotatable bonds is 7. The Balaban J connectivity index is 1.72. The Hall–Kier alpha value is -3.85. The average Bonchev–Trinajstić information content (AvgIpc) is 3.27. The molecule has 0 saturated heterocycles. The number of esters is 2. The average molecular weight is 458 g/mol. The maximum absolute atomic E-state index is 12.6. The number of aryl methyl sites for hydroxylation is 1. The second kappa shape index (κ2) is 9.97. The highest BCUT2D eigenvalue weighted by molar-refractivity contribution is 6.31. The van der Waals surface area contributed by atoms with E-state index in [9.17, 15) is 14.4 Å². The van der Waals surface area contributed by atoms with Crippen molar-refractivity contribution in [3.63, 3.8) is 0 Å². The van der Waals surface area contributed by atoms with Crippen molar-refractivity contribution < 1.29 is 28.6 Å². The van der Waals surface area contributed by atoms with E-state index in [1.54, 1.807) is 24.4 Å². The van der Waals surface area contributed by atoms with Gasteiger partial charge in [0.2, 0.25) is 0 Å². The van der Waals surface area contributed by atoms with Crippen molar-refractivity contribution in [2.45, 2.75) is 13.7 Å². The molecule has 1 N–H and O–H groups in total. The molecule has 0 radical (unpaired) electrons. The normalized spacial score (nSPS) is 10.4. The van der Waals surface area contributed by atoms with Gasteiger partial charge >= 0.3 is 11.9 Å². The molecule has 0 unspecified atom stereocenters. The molecular formula is C22H20ClN3O6. The molecule has 0 fully saturated rings. The molecule has 0 aliphatic rings. The van der Waals surface area contributed by atoms with E-state index in [-0.39, 0.29) is 29.2 Å². The zero-order valence-corrected chi connectivity index (χ0v) is 18.3. The maximum atomic E-state index is 12.6. The molecule has 10 heteroatoms. The van der Waals surface area contributed by atoms with Crippen LogP contribution in [0.5, 0.6) is 5.75 Å². The van der Waals surface area contributed by atoms with Crippen molar-refractivity contribution in [1.82, 2.24) is 9.78 Å². The number of ether oxygens (including phenoxy) is 3. The van der Waals surface area contributed by atoms with Gasteiger partial charge in [-0.15, -0.1) is 0 Å². The summed E-state index contributed by atoms with van der Waals surface area (Å²) in [5.74, 6) is -1.25. The first-order valence-corrected chi connectivity index (χ1v) is 9.74. The second-order valence-corrected chi connectivity index (χ2v) is 7.07. The molecular weight excluding hydrogens is 438 g/mol. The maximum Gasteiger partial charge on any atom is 0.337 e. The molecule has 2 aromatic carbocycles. The molecule has 1 aromatic heterocycles. The summed E-state index contributed by atoms with van der Waals surface area (Å²) in [4.78, 5) is 36.4. The number of aromatic nitrogens is 2. The van der Waals surface area contributed by atoms with E-state index in [4.69, 9.17) is 16.3 Å². The fourth-order valence-corrected chi connectivity index (χ4v) is 2.89. The number of methoxy groups -OCH3 is 2. The number of amides is 1. The largest absolute Gasteiger partial charge is 0.471 e. The van der Waals surface area contributed by atoms with Crippen LogP contribution < -0.4 is 10.1 Å². The zero-order valence-electron chi connectivity index (χ0n) is 17.5. The molecule has 0 bridgehead atoms. The van der Waals surface area contributed by atoms with Crippen LogP contribution in [-0.2, 0) is 16.2 Å². The molecule has 3 aromatic rings. The van der Waals surface area contributed by atoms with E-state index < -0.39 is 17.8 Å². The minimum Gasteiger partial charge on any atom is -0.471 e. The molecule has 9 nitrogen and oxygen atoms in total. The third kappa shape index (κ3) is 5.44. The Bertz CT molecular complexity index is 1140. The van der Waals surface area contributed by atoms with Gasteiger partial charge in [-0.05, 0) is 55.0 Å². The summed E-state index contributed by atoms with van der Waals surface area (Å²) in [6.45, 7) is 1.95. The Morgan fingerprint density at radius 3 is 2.25 bits per heavy atom. The summed E-state index contributed by atoms with van der Waals surface area (Å²) in [7, 11) is 2.43. The van der Waals surface area contributed by atoms with Crippen molar-refractivity contribution in [1.29, 1.82) is 0 Å². The Kier molecular flexibility index (Phi) is 7.11. The highest BCUT2D eigenvalue weighted by Gasteiger charge is 2.16. The molecule has 1 heterocycles. The summed E-state index contributed by atoms with van der Waals surface area (Å²) in [5.41, 5.74) is 1.38. The van der Waals surface area contributed by atoms with E-state index >= 15 is 0 Å². The van der Waals surface area contributed by atoms with E-state index in [1.165, 1.54) is 43.2 Å². The summed E-state index contributed by atoms with van der Waals surface area (Å²) < 4.78 is 16.5. The molecule has 0 aliphatic heterocycles. The molecule has 166 valence electrons. The van der Waals surface area contributed by atoms with Gasteiger partial charge in [-0.2, -0.15) is 5.10 Å². The molecule has 0 saturated carbocycles. The summed E-state index contributed by atoms with van der Waals surface area (Å²) in [5, 5.41) is 7.43. The van der Waals surface area contributed by atoms with Gasteiger partial charge < -0.3 is 19.5 Å². The SMILES string of the molecule is COC(=O)c1cc(NC(=O)c2ccn(COc3ccc(Cl)c(C)c3)n2)cc(C(=O)OC)c1. The lowest BCUT2D eigenvalue weighted by molar-refractivity contribution is 0.0599. The third-order valence-electron chi connectivity index (χ3n) is 4.40. The van der Waals surface area contributed by atoms with Crippen molar-refractivity contribution in [2.75, 3.05) is 19.5 Å². The smallest absolute Gasteiger partial charge is 0.337 e. The fourth-order valence-electron chi connectivity index (χ4n) is 2.77. The number of hydrogen-bond acceptors (Lipinski definition) is 7. The Morgan fingerprint density at radius 1 is 1.00 bits per heavy atom. The topological polar surface area (TPSA) is 109 Å². The number of anilines is 1. The van der Waals surface area contributed by atoms with Crippen LogP contribution in [0.2, 0.25) is 5.02 Å². The number of benzene rings is 2. The summed E-state index contributed by atoms with van der Waals surface area (Å²) in [6.07, 6.45) is 1.59. The fraction of sp³-hybridized carbons (Fsp3) is 0.182. The van der Waals surface area contributed by atoms with Crippen molar-refractivity contribution in [3.8, 4) is 5.75 Å². The van der Waals surface area contributed by atoms with Crippen LogP contribution in [0.25, 0.3) is 0 Å². The first-order chi connectivity index (χ1) is 15.3. The van der Waals surface area contributed by atoms with Gasteiger partial charge in [0, 0.05) is 16.9 Å². The number of nitrogens with zero attached hydrogens (tertiary/aromatic N) is 2. The second-order valence-electron chi connectivity index (χ2n) is 6.66. The first-order valence-electron chi connectivity index (χ1n) is 9.36. The molecule has 0 atom stereocenters. The van der Waals surface area contributed by atoms with Gasteiger partial charge in [-0.3, -0.25) is 4.79 Å². The van der Waals surface area contributed by atoms with Crippen molar-refractivity contribution in [3.05, 3.63) is 76.1 Å². The van der Waals surface area contributed by atoms with Gasteiger partial charge in [0.25, 0.3) is 5.91 Å². The quantitative estimate of drug-likeness (QED) is 0.538. The predicted molar refractivity (Wildman–Crippen MR) is 116 cm³/mol. The predicted octanol–water partition coefficient (Wildman–Crippen LogP) is 3.71. The van der Waals surface area contributed by atoms with Crippen LogP contribution in [0.15, 0.2) is 48.7 Å². The van der Waals surface area contributed by atoms with Crippen LogP contribution in [0.4, 0.5) is 5.69 Å². The van der Waals surface area contributed by atoms with E-state index in [1.807, 2.05) is 6.92 Å². The van der Waals surface area contributed by atoms with E-state index in [0.717, 1.165) is 5.56 Å². The number of halogens is 1. The highest BCUT2D eigenvalue weighted by atomic mass is 35.5. The first kappa shape index (κ1) is 22.8. The number of nitrogens with one attached hydrogen (secondary N) is 1. The van der Waals surface area contributed by atoms with Crippen LogP contribution in [0.1, 0.15) is 36.8 Å². The Morgan fingerprint density at radius 2 is 1.66 bits per heavy atom. The van der Waals surface area contributed by atoms with E-state index in [0.29, 0.717) is 10.8 Å². The third-order valence-corrected chi connectivity index (χ3v) is 4.82. The van der Waals surface area contributed by atoms with E-state index in [2.05, 4.69) is 19.9 Å². The minimum atomic E-state index is -0.662. The number of carbonyl (C=O) groups is 3. The molecule has 1 amide bonds. The van der Waals surface area contributed by atoms with Crippen LogP contribution in [0, 0.1) is 6.92 Å². The van der Waals surface area contributed by atoms with Gasteiger partial charge in [-0.25, -0.2) is 14.3 Å². The van der Waals surface area contributed by atoms with Crippen LogP contribution in [0.3, 0.4) is 0 Å². The lowest BCUT2D eigenvalue weighted by atomic mass is 10.1. The lowest BCUT2D eigenvalue weighted by Crippen LogP contribution is -2.16. The van der Waals surface area contributed by atoms with Gasteiger partial charge in [0.05, 0.1) is 25.3 Å². The minimum absolute atomic E-state index is 0.0820. The molecule has 3 rings (SSSR count). The molecule has 32 heavy (non-hydrogen) atoms. The Labute approximate surface area is 188 Å². The van der Waals surface area contributed by atoms with Crippen molar-refractivity contribution >= 4 is 35.1 Å². The zero-order chi connectivity index (χ0) is 23.3. The number of carbonyl (C=O) groups excluding carboxylic acids is 3. The lowest BCUT2D eigenvalue weighted by Gasteiger charge is -2.09. The molecule has 0 spiro atoms.